The van der Waals surface area contributed by atoms with E-state index in [0.717, 1.165) is 0 Å². The Morgan fingerprint density at radius 1 is 1.64 bits per heavy atom. The van der Waals surface area contributed by atoms with Crippen molar-refractivity contribution in [3.63, 3.8) is 0 Å². The zero-order chi connectivity index (χ0) is 8.27. The van der Waals surface area contributed by atoms with E-state index >= 15 is 0 Å². The summed E-state index contributed by atoms with van der Waals surface area (Å²) in [5.41, 5.74) is 0.432. The average molecular weight is 213 g/mol. The first-order valence-electron chi connectivity index (χ1n) is 2.87. The topological polar surface area (TPSA) is 45.9 Å². The smallest absolute Gasteiger partial charge is 0.153 e. The normalized spacial score (nSPS) is 8.82. The number of aromatic nitrogens is 1. The maximum absolute atomic E-state index is 8.58. The van der Waals surface area contributed by atoms with Crippen LogP contribution in [-0.4, -0.2) is 12.1 Å². The average Bonchev–Trinajstić information content (AvgIpc) is 2.04. The monoisotopic (exact) mass is 212 g/mol. The Hall–Kier alpha value is -1.08. The number of hydrogen-bond donors (Lipinski definition) is 0. The standard InChI is InChI=1S/C7H5BrN2O/c1-11-7-5(2-9)3-10-4-6(7)8/h3-4H,1H3. The van der Waals surface area contributed by atoms with Gasteiger partial charge in [0.25, 0.3) is 0 Å². The maximum atomic E-state index is 8.58. The van der Waals surface area contributed by atoms with E-state index in [1.807, 2.05) is 6.07 Å². The third-order valence-electron chi connectivity index (χ3n) is 1.18. The van der Waals surface area contributed by atoms with Gasteiger partial charge in [0.2, 0.25) is 0 Å². The molecule has 11 heavy (non-hydrogen) atoms. The van der Waals surface area contributed by atoms with Crippen LogP contribution >= 0.6 is 15.9 Å². The van der Waals surface area contributed by atoms with Crippen molar-refractivity contribution in [1.82, 2.24) is 4.98 Å². The van der Waals surface area contributed by atoms with Gasteiger partial charge in [-0.3, -0.25) is 4.98 Å². The number of halogens is 1. The number of nitrogens with zero attached hydrogens (tertiary/aromatic N) is 2. The molecule has 0 saturated heterocycles. The van der Waals surface area contributed by atoms with Crippen molar-refractivity contribution in [2.45, 2.75) is 0 Å². The third-order valence-corrected chi connectivity index (χ3v) is 1.74. The van der Waals surface area contributed by atoms with Crippen LogP contribution in [0.1, 0.15) is 5.56 Å². The quantitative estimate of drug-likeness (QED) is 0.713. The molecule has 1 rings (SSSR count). The Labute approximate surface area is 72.8 Å². The van der Waals surface area contributed by atoms with Gasteiger partial charge in [0.1, 0.15) is 11.6 Å². The minimum atomic E-state index is 0.432. The fourth-order valence-electron chi connectivity index (χ4n) is 0.710. The maximum Gasteiger partial charge on any atom is 0.153 e. The van der Waals surface area contributed by atoms with Crippen molar-refractivity contribution < 1.29 is 4.74 Å². The van der Waals surface area contributed by atoms with Crippen LogP contribution in [-0.2, 0) is 0 Å². The summed E-state index contributed by atoms with van der Waals surface area (Å²) in [6.45, 7) is 0. The van der Waals surface area contributed by atoms with Gasteiger partial charge in [-0.15, -0.1) is 0 Å². The molecule has 0 bridgehead atoms. The Bertz CT molecular complexity index is 306. The summed E-state index contributed by atoms with van der Waals surface area (Å²) in [4.78, 5) is 3.81. The van der Waals surface area contributed by atoms with Crippen molar-refractivity contribution in [2.24, 2.45) is 0 Å². The van der Waals surface area contributed by atoms with Gasteiger partial charge in [-0.2, -0.15) is 5.26 Å². The van der Waals surface area contributed by atoms with E-state index in [9.17, 15) is 0 Å². The van der Waals surface area contributed by atoms with Gasteiger partial charge in [0, 0.05) is 12.4 Å². The number of hydrogen-bond acceptors (Lipinski definition) is 3. The van der Waals surface area contributed by atoms with Gasteiger partial charge >= 0.3 is 0 Å². The minimum Gasteiger partial charge on any atom is -0.494 e. The lowest BCUT2D eigenvalue weighted by atomic mass is 10.3. The fraction of sp³-hybridized carbons (Fsp3) is 0.143. The highest BCUT2D eigenvalue weighted by molar-refractivity contribution is 9.10. The summed E-state index contributed by atoms with van der Waals surface area (Å²) in [6, 6.07) is 1.97. The highest BCUT2D eigenvalue weighted by Gasteiger charge is 2.05. The van der Waals surface area contributed by atoms with Crippen LogP contribution in [0.3, 0.4) is 0 Å². The zero-order valence-electron chi connectivity index (χ0n) is 5.84. The van der Waals surface area contributed by atoms with Crippen LogP contribution < -0.4 is 4.74 Å². The van der Waals surface area contributed by atoms with Crippen molar-refractivity contribution >= 4 is 15.9 Å². The van der Waals surface area contributed by atoms with Crippen LogP contribution in [0.4, 0.5) is 0 Å². The molecule has 0 saturated carbocycles. The summed E-state index contributed by atoms with van der Waals surface area (Å²) in [5, 5.41) is 8.58. The second-order valence-corrected chi connectivity index (χ2v) is 2.67. The number of pyridine rings is 1. The molecule has 0 aliphatic heterocycles. The molecule has 0 unspecified atom stereocenters. The molecule has 0 aromatic carbocycles. The van der Waals surface area contributed by atoms with Crippen molar-refractivity contribution in [3.8, 4) is 11.8 Å². The lowest BCUT2D eigenvalue weighted by Gasteiger charge is -2.02. The van der Waals surface area contributed by atoms with E-state index in [1.54, 1.807) is 6.20 Å². The van der Waals surface area contributed by atoms with Crippen LogP contribution in [0, 0.1) is 11.3 Å². The molecule has 0 atom stereocenters. The Kier molecular flexibility index (Phi) is 2.44. The lowest BCUT2D eigenvalue weighted by Crippen LogP contribution is -1.89. The van der Waals surface area contributed by atoms with Crippen molar-refractivity contribution in [1.29, 1.82) is 5.26 Å². The molecule has 1 aromatic heterocycles. The Morgan fingerprint density at radius 3 is 2.82 bits per heavy atom. The minimum absolute atomic E-state index is 0.432. The molecule has 0 radical (unpaired) electrons. The summed E-state index contributed by atoms with van der Waals surface area (Å²) in [5.74, 6) is 0.530. The molecule has 3 nitrogen and oxygen atoms in total. The van der Waals surface area contributed by atoms with Gasteiger partial charge in [0.05, 0.1) is 11.6 Å². The van der Waals surface area contributed by atoms with Gasteiger partial charge in [-0.1, -0.05) is 0 Å². The first-order valence-corrected chi connectivity index (χ1v) is 3.66. The summed E-state index contributed by atoms with van der Waals surface area (Å²) in [7, 11) is 1.51. The van der Waals surface area contributed by atoms with E-state index in [-0.39, 0.29) is 0 Å². The molecule has 0 fully saturated rings. The molecule has 1 aromatic rings. The summed E-state index contributed by atoms with van der Waals surface area (Å²) < 4.78 is 5.65. The molecule has 0 N–H and O–H groups in total. The molecule has 1 heterocycles. The van der Waals surface area contributed by atoms with E-state index in [4.69, 9.17) is 10.00 Å². The van der Waals surface area contributed by atoms with Gasteiger partial charge < -0.3 is 4.74 Å². The third kappa shape index (κ3) is 1.49. The SMILES string of the molecule is COc1c(Br)cncc1C#N. The van der Waals surface area contributed by atoms with Crippen molar-refractivity contribution in [2.75, 3.05) is 7.11 Å². The molecule has 0 spiro atoms. The van der Waals surface area contributed by atoms with Crippen LogP contribution in [0.25, 0.3) is 0 Å². The number of rotatable bonds is 1. The van der Waals surface area contributed by atoms with Crippen LogP contribution in [0.5, 0.6) is 5.75 Å². The summed E-state index contributed by atoms with van der Waals surface area (Å²) in [6.07, 6.45) is 3.04. The first-order chi connectivity index (χ1) is 5.29. The Balaban J connectivity index is 3.27. The van der Waals surface area contributed by atoms with E-state index in [2.05, 4.69) is 20.9 Å². The molecular formula is C7H5BrN2O. The predicted octanol–water partition coefficient (Wildman–Crippen LogP) is 1.72. The fourth-order valence-corrected chi connectivity index (χ4v) is 1.20. The number of nitriles is 1. The van der Waals surface area contributed by atoms with Gasteiger partial charge in [0.15, 0.2) is 5.75 Å². The van der Waals surface area contributed by atoms with Gasteiger partial charge in [-0.05, 0) is 15.9 Å². The highest BCUT2D eigenvalue weighted by Crippen LogP contribution is 2.26. The molecular weight excluding hydrogens is 208 g/mol. The van der Waals surface area contributed by atoms with E-state index in [1.165, 1.54) is 13.3 Å². The molecule has 56 valence electrons. The second kappa shape index (κ2) is 3.35. The largest absolute Gasteiger partial charge is 0.494 e. The van der Waals surface area contributed by atoms with Crippen LogP contribution in [0.15, 0.2) is 16.9 Å². The number of ether oxygens (including phenoxy) is 1. The van der Waals surface area contributed by atoms with E-state index < -0.39 is 0 Å². The first kappa shape index (κ1) is 8.02. The Morgan fingerprint density at radius 2 is 2.36 bits per heavy atom. The van der Waals surface area contributed by atoms with E-state index in [0.29, 0.717) is 15.8 Å². The molecule has 0 aliphatic rings. The molecule has 0 amide bonds. The molecule has 0 aliphatic carbocycles. The second-order valence-electron chi connectivity index (χ2n) is 1.81. The highest BCUT2D eigenvalue weighted by atomic mass is 79.9. The van der Waals surface area contributed by atoms with Crippen LogP contribution in [0.2, 0.25) is 0 Å². The summed E-state index contributed by atoms with van der Waals surface area (Å²) >= 11 is 3.21. The zero-order valence-corrected chi connectivity index (χ0v) is 7.42. The number of methoxy groups -OCH3 is 1. The predicted molar refractivity (Wildman–Crippen MR) is 43.2 cm³/mol. The lowest BCUT2D eigenvalue weighted by molar-refractivity contribution is 0.410. The molecule has 4 heteroatoms. The van der Waals surface area contributed by atoms with Crippen molar-refractivity contribution in [3.05, 3.63) is 22.4 Å². The van der Waals surface area contributed by atoms with Gasteiger partial charge in [-0.25, -0.2) is 0 Å².